The number of unbranched alkanes of at least 4 members (excludes halogenated alkanes) is 12. The van der Waals surface area contributed by atoms with Crippen LogP contribution in [-0.2, 0) is 16.5 Å². The highest BCUT2D eigenvalue weighted by Crippen LogP contribution is 2.18. The lowest BCUT2D eigenvalue weighted by molar-refractivity contribution is 0.483. The molecule has 0 radical (unpaired) electrons. The van der Waals surface area contributed by atoms with E-state index in [0.717, 1.165) is 18.4 Å². The highest BCUT2D eigenvalue weighted by Gasteiger charge is 2.10. The molecule has 1 N–H and O–H groups in total. The van der Waals surface area contributed by atoms with Crippen molar-refractivity contribution in [3.05, 3.63) is 29.3 Å². The third-order valence-electron chi connectivity index (χ3n) is 5.16. The Hall–Kier alpha value is -0.870. The van der Waals surface area contributed by atoms with Gasteiger partial charge in [-0.05, 0) is 43.0 Å². The van der Waals surface area contributed by atoms with Crippen molar-refractivity contribution in [3.63, 3.8) is 0 Å². The number of aryl methyl sites for hydroxylation is 2. The van der Waals surface area contributed by atoms with Crippen LogP contribution in [0.3, 0.4) is 0 Å². The molecule has 0 atom stereocenters. The molecule has 0 saturated heterocycles. The normalized spacial score (nSPS) is 11.8. The van der Waals surface area contributed by atoms with Gasteiger partial charge in [-0.1, -0.05) is 90.0 Å². The first-order valence-corrected chi connectivity index (χ1v) is 12.0. The van der Waals surface area contributed by atoms with Gasteiger partial charge in [0, 0.05) is 0 Å². The van der Waals surface area contributed by atoms with E-state index in [1.165, 1.54) is 88.7 Å². The summed E-state index contributed by atoms with van der Waals surface area (Å²) in [5.41, 5.74) is 2.12. The molecule has 1 rings (SSSR count). The van der Waals surface area contributed by atoms with Gasteiger partial charge in [0.25, 0.3) is 10.1 Å². The van der Waals surface area contributed by atoms with E-state index in [0.29, 0.717) is 0 Å². The topological polar surface area (TPSA) is 54.4 Å². The summed E-state index contributed by atoms with van der Waals surface area (Å²) in [6.45, 7) is 4.17. The second-order valence-electron chi connectivity index (χ2n) is 7.56. The number of hydrogen-bond donors (Lipinski definition) is 1. The van der Waals surface area contributed by atoms with Crippen molar-refractivity contribution in [2.24, 2.45) is 0 Å². The molecule has 0 aliphatic carbocycles. The molecule has 0 spiro atoms. The van der Waals surface area contributed by atoms with Crippen molar-refractivity contribution in [1.29, 1.82) is 0 Å². The number of rotatable bonds is 15. The Morgan fingerprint density at radius 2 is 1.23 bits per heavy atom. The predicted molar refractivity (Wildman–Crippen MR) is 110 cm³/mol. The lowest BCUT2D eigenvalue weighted by atomic mass is 10.0. The smallest absolute Gasteiger partial charge is 0.282 e. The highest BCUT2D eigenvalue weighted by atomic mass is 32.2. The quantitative estimate of drug-likeness (QED) is 0.266. The van der Waals surface area contributed by atoms with E-state index in [9.17, 15) is 8.42 Å². The fourth-order valence-corrected chi connectivity index (χ4v) is 4.01. The molecule has 1 aromatic rings. The first-order valence-electron chi connectivity index (χ1n) is 10.5. The van der Waals surface area contributed by atoms with E-state index in [4.69, 9.17) is 4.55 Å². The van der Waals surface area contributed by atoms with Gasteiger partial charge in [0.15, 0.2) is 0 Å². The molecular formula is C22H38O3S. The van der Waals surface area contributed by atoms with E-state index in [1.54, 1.807) is 6.07 Å². The summed E-state index contributed by atoms with van der Waals surface area (Å²) < 4.78 is 31.4. The average Bonchev–Trinajstić information content (AvgIpc) is 2.59. The number of benzene rings is 1. The Morgan fingerprint density at radius 3 is 1.65 bits per heavy atom. The third kappa shape index (κ3) is 10.3. The van der Waals surface area contributed by atoms with Crippen LogP contribution in [0.2, 0.25) is 0 Å². The average molecular weight is 383 g/mol. The Bertz CT molecular complexity index is 593. The largest absolute Gasteiger partial charge is 0.294 e. The minimum absolute atomic E-state index is 0.0101. The zero-order chi connectivity index (χ0) is 19.3. The molecule has 26 heavy (non-hydrogen) atoms. The molecule has 1 aromatic carbocycles. The summed E-state index contributed by atoms with van der Waals surface area (Å²) in [6, 6.07) is 4.89. The molecule has 0 aliphatic rings. The van der Waals surface area contributed by atoms with Crippen molar-refractivity contribution >= 4 is 10.1 Å². The van der Waals surface area contributed by atoms with Crippen LogP contribution in [-0.4, -0.2) is 13.0 Å². The SMILES string of the molecule is CCCCCCCCCCCCCCCc1ccc(S(=O)(=O)O)cc1C. The summed E-state index contributed by atoms with van der Waals surface area (Å²) in [7, 11) is -4.09. The molecule has 4 heteroatoms. The molecule has 0 unspecified atom stereocenters. The molecule has 3 nitrogen and oxygen atoms in total. The maximum Gasteiger partial charge on any atom is 0.294 e. The first-order chi connectivity index (χ1) is 12.4. The van der Waals surface area contributed by atoms with E-state index >= 15 is 0 Å². The zero-order valence-corrected chi connectivity index (χ0v) is 17.6. The second kappa shape index (κ2) is 13.3. The van der Waals surface area contributed by atoms with Crippen LogP contribution in [0.1, 0.15) is 102 Å². The summed E-state index contributed by atoms with van der Waals surface area (Å²) >= 11 is 0. The Kier molecular flexibility index (Phi) is 11.9. The van der Waals surface area contributed by atoms with Crippen LogP contribution in [0.4, 0.5) is 0 Å². The van der Waals surface area contributed by atoms with Gasteiger partial charge in [-0.2, -0.15) is 8.42 Å². The molecule has 0 aromatic heterocycles. The first kappa shape index (κ1) is 23.2. The van der Waals surface area contributed by atoms with Crippen LogP contribution in [0, 0.1) is 6.92 Å². The van der Waals surface area contributed by atoms with Gasteiger partial charge < -0.3 is 0 Å². The molecule has 0 fully saturated rings. The maximum absolute atomic E-state index is 11.1. The maximum atomic E-state index is 11.1. The van der Waals surface area contributed by atoms with Crippen LogP contribution in [0.5, 0.6) is 0 Å². The van der Waals surface area contributed by atoms with Gasteiger partial charge in [-0.3, -0.25) is 4.55 Å². The molecule has 0 bridgehead atoms. The van der Waals surface area contributed by atoms with Crippen molar-refractivity contribution in [2.45, 2.75) is 109 Å². The minimum Gasteiger partial charge on any atom is -0.282 e. The van der Waals surface area contributed by atoms with Crippen molar-refractivity contribution in [3.8, 4) is 0 Å². The van der Waals surface area contributed by atoms with Gasteiger partial charge in [-0.15, -0.1) is 0 Å². The predicted octanol–water partition coefficient (Wildman–Crippen LogP) is 6.88. The van der Waals surface area contributed by atoms with Crippen LogP contribution < -0.4 is 0 Å². The minimum atomic E-state index is -4.09. The molecule has 0 amide bonds. The fraction of sp³-hybridized carbons (Fsp3) is 0.727. The highest BCUT2D eigenvalue weighted by molar-refractivity contribution is 7.85. The lowest BCUT2D eigenvalue weighted by Crippen LogP contribution is -2.00. The molecule has 0 heterocycles. The van der Waals surface area contributed by atoms with E-state index in [1.807, 2.05) is 13.0 Å². The van der Waals surface area contributed by atoms with Crippen molar-refractivity contribution in [1.82, 2.24) is 0 Å². The zero-order valence-electron chi connectivity index (χ0n) is 16.8. The monoisotopic (exact) mass is 382 g/mol. The van der Waals surface area contributed by atoms with Crippen LogP contribution >= 0.6 is 0 Å². The lowest BCUT2D eigenvalue weighted by Gasteiger charge is -2.07. The van der Waals surface area contributed by atoms with Gasteiger partial charge in [0.05, 0.1) is 4.90 Å². The second-order valence-corrected chi connectivity index (χ2v) is 8.98. The van der Waals surface area contributed by atoms with E-state index < -0.39 is 10.1 Å². The summed E-state index contributed by atoms with van der Waals surface area (Å²) in [5, 5.41) is 0. The molecule has 0 aliphatic heterocycles. The van der Waals surface area contributed by atoms with Gasteiger partial charge in [0.2, 0.25) is 0 Å². The standard InChI is InChI=1S/C22H38O3S/c1-3-4-5-6-7-8-9-10-11-12-13-14-15-16-21-17-18-22(19-20(21)2)26(23,24)25/h17-19H,3-16H2,1-2H3,(H,23,24,25). The van der Waals surface area contributed by atoms with Gasteiger partial charge in [-0.25, -0.2) is 0 Å². The number of hydrogen-bond acceptors (Lipinski definition) is 2. The molecule has 150 valence electrons. The van der Waals surface area contributed by atoms with Crippen LogP contribution in [0.25, 0.3) is 0 Å². The Morgan fingerprint density at radius 1 is 0.769 bits per heavy atom. The fourth-order valence-electron chi connectivity index (χ4n) is 3.44. The van der Waals surface area contributed by atoms with Gasteiger partial charge in [0.1, 0.15) is 0 Å². The van der Waals surface area contributed by atoms with E-state index in [-0.39, 0.29) is 4.90 Å². The van der Waals surface area contributed by atoms with Crippen LogP contribution in [0.15, 0.2) is 23.1 Å². The summed E-state index contributed by atoms with van der Waals surface area (Å²) in [4.78, 5) is -0.0101. The molecular weight excluding hydrogens is 344 g/mol. The molecule has 0 saturated carbocycles. The summed E-state index contributed by atoms with van der Waals surface area (Å²) in [6.07, 6.45) is 18.5. The van der Waals surface area contributed by atoms with Crippen molar-refractivity contribution < 1.29 is 13.0 Å². The third-order valence-corrected chi connectivity index (χ3v) is 6.01. The van der Waals surface area contributed by atoms with Crippen molar-refractivity contribution in [2.75, 3.05) is 0 Å². The Labute approximate surface area is 161 Å². The Balaban J connectivity index is 2.03. The summed E-state index contributed by atoms with van der Waals surface area (Å²) in [5.74, 6) is 0. The van der Waals surface area contributed by atoms with Gasteiger partial charge >= 0.3 is 0 Å². The van der Waals surface area contributed by atoms with E-state index in [2.05, 4.69) is 6.92 Å².